The number of rotatable bonds is 8. The highest BCUT2D eigenvalue weighted by molar-refractivity contribution is 7.92. The average Bonchev–Trinajstić information content (AvgIpc) is 3.32. The zero-order valence-corrected chi connectivity index (χ0v) is 21.0. The maximum Gasteiger partial charge on any atom is 0.261 e. The molecule has 0 aliphatic rings. The molecule has 0 aliphatic carbocycles. The van der Waals surface area contributed by atoms with Crippen molar-refractivity contribution in [3.05, 3.63) is 82.7 Å². The Labute approximate surface area is 211 Å². The number of thiazole rings is 1. The summed E-state index contributed by atoms with van der Waals surface area (Å²) in [5.41, 5.74) is 1.57. The predicted molar refractivity (Wildman–Crippen MR) is 137 cm³/mol. The molecule has 0 fully saturated rings. The summed E-state index contributed by atoms with van der Waals surface area (Å²) >= 11 is 7.08. The summed E-state index contributed by atoms with van der Waals surface area (Å²) in [6.07, 6.45) is 0. The second-order valence-electron chi connectivity index (χ2n) is 7.16. The molecule has 0 aliphatic heterocycles. The molecule has 0 radical (unpaired) electrons. The van der Waals surface area contributed by atoms with Crippen molar-refractivity contribution in [3.63, 3.8) is 0 Å². The van der Waals surface area contributed by atoms with Crippen LogP contribution in [0.1, 0.15) is 10.4 Å². The van der Waals surface area contributed by atoms with E-state index in [9.17, 15) is 13.2 Å². The Kier molecular flexibility index (Phi) is 7.25. The Balaban J connectivity index is 1.57. The van der Waals surface area contributed by atoms with Crippen molar-refractivity contribution in [2.75, 3.05) is 24.3 Å². The molecule has 180 valence electrons. The number of aromatic nitrogens is 1. The number of amides is 1. The van der Waals surface area contributed by atoms with Gasteiger partial charge in [-0.3, -0.25) is 14.8 Å². The van der Waals surface area contributed by atoms with Gasteiger partial charge in [0.05, 0.1) is 36.1 Å². The third-order valence-corrected chi connectivity index (χ3v) is 7.34. The van der Waals surface area contributed by atoms with Crippen molar-refractivity contribution in [2.45, 2.75) is 4.90 Å². The smallest absolute Gasteiger partial charge is 0.261 e. The molecule has 0 bridgehead atoms. The van der Waals surface area contributed by atoms with Gasteiger partial charge < -0.3 is 9.47 Å². The molecule has 2 N–H and O–H groups in total. The summed E-state index contributed by atoms with van der Waals surface area (Å²) in [4.78, 5) is 17.5. The highest BCUT2D eigenvalue weighted by atomic mass is 35.5. The van der Waals surface area contributed by atoms with Crippen molar-refractivity contribution in [1.82, 2.24) is 4.98 Å². The van der Waals surface area contributed by atoms with Crippen molar-refractivity contribution in [3.8, 4) is 22.8 Å². The molecule has 35 heavy (non-hydrogen) atoms. The maximum atomic E-state index is 13.0. The van der Waals surface area contributed by atoms with Crippen LogP contribution in [-0.2, 0) is 10.0 Å². The zero-order chi connectivity index (χ0) is 25.0. The van der Waals surface area contributed by atoms with E-state index in [1.54, 1.807) is 49.9 Å². The molecule has 0 saturated heterocycles. The lowest BCUT2D eigenvalue weighted by atomic mass is 10.1. The molecular weight excluding hydrogens is 510 g/mol. The van der Waals surface area contributed by atoms with Crippen LogP contribution in [0.25, 0.3) is 11.3 Å². The largest absolute Gasteiger partial charge is 0.497 e. The summed E-state index contributed by atoms with van der Waals surface area (Å²) in [6, 6.07) is 17.4. The average molecular weight is 530 g/mol. The van der Waals surface area contributed by atoms with Crippen LogP contribution < -0.4 is 19.5 Å². The van der Waals surface area contributed by atoms with Crippen LogP contribution in [0.2, 0.25) is 5.02 Å². The number of nitrogens with zero attached hydrogens (tertiary/aromatic N) is 1. The highest BCUT2D eigenvalue weighted by Gasteiger charge is 2.20. The van der Waals surface area contributed by atoms with E-state index in [0.29, 0.717) is 32.9 Å². The molecule has 0 spiro atoms. The van der Waals surface area contributed by atoms with Crippen molar-refractivity contribution >= 4 is 49.7 Å². The van der Waals surface area contributed by atoms with Crippen LogP contribution in [0.3, 0.4) is 0 Å². The standard InChI is InChI=1S/C24H20ClN3O5S2/c1-32-16-9-12-22(33-2)19(13-16)21-14-34-24(26-21)27-23(29)18-5-3-4-6-20(18)28-35(30,31)17-10-7-15(25)8-11-17/h3-14,28H,1-2H3,(H,26,27,29). The second kappa shape index (κ2) is 10.3. The maximum absolute atomic E-state index is 13.0. The van der Waals surface area contributed by atoms with Crippen LogP contribution in [0.4, 0.5) is 10.8 Å². The van der Waals surface area contributed by atoms with E-state index in [2.05, 4.69) is 15.0 Å². The van der Waals surface area contributed by atoms with Crippen LogP contribution in [0, 0.1) is 0 Å². The van der Waals surface area contributed by atoms with Gasteiger partial charge in [-0.1, -0.05) is 23.7 Å². The summed E-state index contributed by atoms with van der Waals surface area (Å²) in [5, 5.41) is 5.26. The lowest BCUT2D eigenvalue weighted by Crippen LogP contribution is -2.18. The minimum atomic E-state index is -3.93. The number of carbonyl (C=O) groups excluding carboxylic acids is 1. The minimum Gasteiger partial charge on any atom is -0.497 e. The number of methoxy groups -OCH3 is 2. The Morgan fingerprint density at radius 3 is 2.46 bits per heavy atom. The molecule has 1 amide bonds. The Morgan fingerprint density at radius 1 is 1.00 bits per heavy atom. The van der Waals surface area contributed by atoms with Crippen LogP contribution in [-0.4, -0.2) is 33.5 Å². The summed E-state index contributed by atoms with van der Waals surface area (Å²) < 4.78 is 38.8. The fourth-order valence-electron chi connectivity index (χ4n) is 3.22. The Morgan fingerprint density at radius 2 is 1.74 bits per heavy atom. The molecule has 1 heterocycles. The number of anilines is 2. The van der Waals surface area contributed by atoms with E-state index in [-0.39, 0.29) is 16.1 Å². The van der Waals surface area contributed by atoms with Gasteiger partial charge in [0.25, 0.3) is 15.9 Å². The molecule has 4 rings (SSSR count). The molecule has 8 nitrogen and oxygen atoms in total. The normalized spacial score (nSPS) is 11.1. The van der Waals surface area contributed by atoms with Gasteiger partial charge in [0.15, 0.2) is 5.13 Å². The fourth-order valence-corrected chi connectivity index (χ4v) is 5.13. The number of carbonyl (C=O) groups is 1. The molecular formula is C24H20ClN3O5S2. The third-order valence-electron chi connectivity index (χ3n) is 4.95. The number of halogens is 1. The molecule has 3 aromatic carbocycles. The van der Waals surface area contributed by atoms with E-state index in [1.807, 2.05) is 0 Å². The fraction of sp³-hybridized carbons (Fsp3) is 0.0833. The predicted octanol–water partition coefficient (Wildman–Crippen LogP) is 5.53. The molecule has 0 unspecified atom stereocenters. The number of nitrogens with one attached hydrogen (secondary N) is 2. The van der Waals surface area contributed by atoms with Gasteiger partial charge in [-0.2, -0.15) is 0 Å². The van der Waals surface area contributed by atoms with Gasteiger partial charge in [0.2, 0.25) is 0 Å². The van der Waals surface area contributed by atoms with E-state index in [0.717, 1.165) is 0 Å². The van der Waals surface area contributed by atoms with Gasteiger partial charge in [-0.15, -0.1) is 11.3 Å². The van der Waals surface area contributed by atoms with Gasteiger partial charge in [0, 0.05) is 16.0 Å². The summed E-state index contributed by atoms with van der Waals surface area (Å²) in [7, 11) is -0.808. The highest BCUT2D eigenvalue weighted by Crippen LogP contribution is 2.35. The lowest BCUT2D eigenvalue weighted by molar-refractivity contribution is 0.102. The van der Waals surface area contributed by atoms with E-state index >= 15 is 0 Å². The van der Waals surface area contributed by atoms with Crippen molar-refractivity contribution in [2.24, 2.45) is 0 Å². The Hall–Kier alpha value is -3.60. The summed E-state index contributed by atoms with van der Waals surface area (Å²) in [5.74, 6) is 0.732. The number of hydrogen-bond acceptors (Lipinski definition) is 7. The van der Waals surface area contributed by atoms with Gasteiger partial charge in [-0.25, -0.2) is 13.4 Å². The van der Waals surface area contributed by atoms with Crippen LogP contribution in [0.15, 0.2) is 77.0 Å². The Bertz CT molecular complexity index is 1470. The number of para-hydroxylation sites is 1. The quantitative estimate of drug-likeness (QED) is 0.310. The van der Waals surface area contributed by atoms with E-state index in [4.69, 9.17) is 21.1 Å². The first kappa shape index (κ1) is 24.5. The number of sulfonamides is 1. The minimum absolute atomic E-state index is 0.0221. The number of benzene rings is 3. The topological polar surface area (TPSA) is 107 Å². The van der Waals surface area contributed by atoms with Crippen LogP contribution >= 0.6 is 22.9 Å². The lowest BCUT2D eigenvalue weighted by Gasteiger charge is -2.12. The first-order valence-electron chi connectivity index (χ1n) is 10.2. The number of ether oxygens (including phenoxy) is 2. The SMILES string of the molecule is COc1ccc(OC)c(-c2csc(NC(=O)c3ccccc3NS(=O)(=O)c3ccc(Cl)cc3)n2)c1. The van der Waals surface area contributed by atoms with E-state index < -0.39 is 15.9 Å². The first-order chi connectivity index (χ1) is 16.8. The zero-order valence-electron chi connectivity index (χ0n) is 18.6. The summed E-state index contributed by atoms with van der Waals surface area (Å²) in [6.45, 7) is 0. The number of hydrogen-bond donors (Lipinski definition) is 2. The molecule has 0 atom stereocenters. The van der Waals surface area contributed by atoms with Gasteiger partial charge in [0.1, 0.15) is 11.5 Å². The van der Waals surface area contributed by atoms with Gasteiger partial charge >= 0.3 is 0 Å². The monoisotopic (exact) mass is 529 g/mol. The van der Waals surface area contributed by atoms with Crippen molar-refractivity contribution in [1.29, 1.82) is 0 Å². The van der Waals surface area contributed by atoms with Crippen LogP contribution in [0.5, 0.6) is 11.5 Å². The second-order valence-corrected chi connectivity index (χ2v) is 10.1. The third kappa shape index (κ3) is 5.56. The molecule has 4 aromatic rings. The first-order valence-corrected chi connectivity index (χ1v) is 12.9. The van der Waals surface area contributed by atoms with E-state index in [1.165, 1.54) is 47.7 Å². The van der Waals surface area contributed by atoms with Crippen molar-refractivity contribution < 1.29 is 22.7 Å². The van der Waals surface area contributed by atoms with Gasteiger partial charge in [-0.05, 0) is 54.6 Å². The molecule has 0 saturated carbocycles. The molecule has 11 heteroatoms. The molecule has 1 aromatic heterocycles.